The molecule has 1 rings (SSSR count). The maximum atomic E-state index is 12.1. The Kier molecular flexibility index (Phi) is 1.76. The van der Waals surface area contributed by atoms with Gasteiger partial charge in [0.05, 0.1) is 5.56 Å². The Labute approximate surface area is 56.3 Å². The number of benzene rings is 1. The van der Waals surface area contributed by atoms with Gasteiger partial charge >= 0.3 is 6.04 Å². The van der Waals surface area contributed by atoms with Gasteiger partial charge in [-0.3, -0.25) is 4.79 Å². The van der Waals surface area contributed by atoms with Gasteiger partial charge in [0, 0.05) is 0 Å². The Morgan fingerprint density at radius 2 is 1.70 bits per heavy atom. The number of rotatable bonds is 1. The lowest BCUT2D eigenvalue weighted by Gasteiger charge is -1.89. The molecule has 0 radical (unpaired) electrons. The normalized spacial score (nSPS) is 9.40. The standard InChI is InChI=1S/C7H4F2O/c8-6-3-1-5(2-4-6)7(9)10/h1-4H. The van der Waals surface area contributed by atoms with Crippen molar-refractivity contribution in [2.75, 3.05) is 0 Å². The lowest BCUT2D eigenvalue weighted by Crippen LogP contribution is -1.88. The summed E-state index contributed by atoms with van der Waals surface area (Å²) in [6, 6.07) is 2.72. The Balaban J connectivity index is 3.00. The first-order chi connectivity index (χ1) is 4.70. The molecule has 0 unspecified atom stereocenters. The van der Waals surface area contributed by atoms with Crippen molar-refractivity contribution in [1.29, 1.82) is 0 Å². The van der Waals surface area contributed by atoms with Crippen LogP contribution >= 0.6 is 0 Å². The van der Waals surface area contributed by atoms with Gasteiger partial charge in [-0.15, -0.1) is 0 Å². The minimum Gasteiger partial charge on any atom is -0.255 e. The van der Waals surface area contributed by atoms with Crippen molar-refractivity contribution >= 4 is 6.04 Å². The van der Waals surface area contributed by atoms with Gasteiger partial charge in [0.1, 0.15) is 5.82 Å². The summed E-state index contributed by atoms with van der Waals surface area (Å²) in [5.74, 6) is -0.481. The van der Waals surface area contributed by atoms with Crippen LogP contribution in [0.5, 0.6) is 0 Å². The molecule has 0 aliphatic heterocycles. The van der Waals surface area contributed by atoms with Gasteiger partial charge < -0.3 is 0 Å². The maximum Gasteiger partial charge on any atom is 0.332 e. The highest BCUT2D eigenvalue weighted by atomic mass is 19.1. The average Bonchev–Trinajstić information content (AvgIpc) is 1.88. The van der Waals surface area contributed by atoms with E-state index in [-0.39, 0.29) is 5.56 Å². The first-order valence-corrected chi connectivity index (χ1v) is 2.65. The molecule has 0 bridgehead atoms. The molecule has 0 saturated carbocycles. The summed E-state index contributed by atoms with van der Waals surface area (Å²) >= 11 is 0. The van der Waals surface area contributed by atoms with E-state index in [1.54, 1.807) is 0 Å². The molecule has 3 heteroatoms. The summed E-state index contributed by atoms with van der Waals surface area (Å²) < 4.78 is 23.9. The number of hydrogen-bond acceptors (Lipinski definition) is 1. The Morgan fingerprint density at radius 3 is 2.10 bits per heavy atom. The van der Waals surface area contributed by atoms with E-state index in [1.807, 2.05) is 0 Å². The van der Waals surface area contributed by atoms with Gasteiger partial charge in [0.25, 0.3) is 0 Å². The minimum absolute atomic E-state index is 0.124. The zero-order valence-electron chi connectivity index (χ0n) is 4.97. The zero-order chi connectivity index (χ0) is 7.56. The molecule has 0 atom stereocenters. The van der Waals surface area contributed by atoms with E-state index in [0.717, 1.165) is 24.3 Å². The summed E-state index contributed by atoms with van der Waals surface area (Å²) in [7, 11) is 0. The second-order valence-corrected chi connectivity index (χ2v) is 1.78. The van der Waals surface area contributed by atoms with Crippen LogP contribution in [0, 0.1) is 5.82 Å². The van der Waals surface area contributed by atoms with Gasteiger partial charge in [-0.2, -0.15) is 4.39 Å². The van der Waals surface area contributed by atoms with Crippen LogP contribution in [0.15, 0.2) is 24.3 Å². The summed E-state index contributed by atoms with van der Waals surface area (Å²) in [6.07, 6.45) is 0. The van der Waals surface area contributed by atoms with E-state index in [2.05, 4.69) is 0 Å². The molecular weight excluding hydrogens is 138 g/mol. The molecule has 0 saturated heterocycles. The molecule has 52 valence electrons. The number of carbonyl (C=O) groups excluding carboxylic acids is 1. The molecule has 1 aromatic rings. The number of halogens is 2. The summed E-state index contributed by atoms with van der Waals surface area (Å²) in [5, 5.41) is 0. The monoisotopic (exact) mass is 142 g/mol. The van der Waals surface area contributed by atoms with Crippen LogP contribution in [0.2, 0.25) is 0 Å². The molecule has 0 aromatic heterocycles. The average molecular weight is 142 g/mol. The van der Waals surface area contributed by atoms with Crippen LogP contribution in [0.4, 0.5) is 8.78 Å². The van der Waals surface area contributed by atoms with Crippen LogP contribution < -0.4 is 0 Å². The largest absolute Gasteiger partial charge is 0.332 e. The first kappa shape index (κ1) is 6.86. The molecule has 0 fully saturated rings. The zero-order valence-corrected chi connectivity index (χ0v) is 4.97. The highest BCUT2D eigenvalue weighted by Crippen LogP contribution is 2.03. The van der Waals surface area contributed by atoms with Gasteiger partial charge in [-0.05, 0) is 24.3 Å². The van der Waals surface area contributed by atoms with Gasteiger partial charge in [-0.1, -0.05) is 0 Å². The van der Waals surface area contributed by atoms with E-state index < -0.39 is 11.9 Å². The van der Waals surface area contributed by atoms with Crippen LogP contribution in [0.1, 0.15) is 10.4 Å². The van der Waals surface area contributed by atoms with Crippen molar-refractivity contribution in [3.63, 3.8) is 0 Å². The quantitative estimate of drug-likeness (QED) is 0.547. The van der Waals surface area contributed by atoms with Crippen molar-refractivity contribution in [2.24, 2.45) is 0 Å². The van der Waals surface area contributed by atoms with Crippen molar-refractivity contribution in [2.45, 2.75) is 0 Å². The fraction of sp³-hybridized carbons (Fsp3) is 0. The lowest BCUT2D eigenvalue weighted by atomic mass is 10.2. The van der Waals surface area contributed by atoms with Crippen molar-refractivity contribution < 1.29 is 13.6 Å². The highest BCUT2D eigenvalue weighted by Gasteiger charge is 2.00. The second kappa shape index (κ2) is 2.56. The van der Waals surface area contributed by atoms with Crippen molar-refractivity contribution in [1.82, 2.24) is 0 Å². The first-order valence-electron chi connectivity index (χ1n) is 2.65. The minimum atomic E-state index is -1.54. The molecule has 1 nitrogen and oxygen atoms in total. The Hall–Kier alpha value is -1.25. The fourth-order valence-electron chi connectivity index (χ4n) is 0.581. The third kappa shape index (κ3) is 1.37. The molecule has 0 aliphatic rings. The van der Waals surface area contributed by atoms with Crippen molar-refractivity contribution in [3.8, 4) is 0 Å². The summed E-state index contributed by atoms with van der Waals surface area (Å²) in [5.41, 5.74) is -0.124. The topological polar surface area (TPSA) is 17.1 Å². The number of hydrogen-bond donors (Lipinski definition) is 0. The van der Waals surface area contributed by atoms with Gasteiger partial charge in [0.15, 0.2) is 0 Å². The summed E-state index contributed by atoms with van der Waals surface area (Å²) in [4.78, 5) is 9.97. The van der Waals surface area contributed by atoms with Crippen molar-refractivity contribution in [3.05, 3.63) is 35.6 Å². The molecule has 1 aromatic carbocycles. The highest BCUT2D eigenvalue weighted by molar-refractivity contribution is 5.88. The third-order valence-corrected chi connectivity index (χ3v) is 1.07. The van der Waals surface area contributed by atoms with Crippen LogP contribution in [0.25, 0.3) is 0 Å². The molecule has 0 spiro atoms. The van der Waals surface area contributed by atoms with E-state index in [4.69, 9.17) is 0 Å². The van der Waals surface area contributed by atoms with Crippen LogP contribution in [-0.4, -0.2) is 6.04 Å². The fourth-order valence-corrected chi connectivity index (χ4v) is 0.581. The van der Waals surface area contributed by atoms with E-state index in [1.165, 1.54) is 0 Å². The summed E-state index contributed by atoms with van der Waals surface area (Å²) in [6.45, 7) is 0. The second-order valence-electron chi connectivity index (χ2n) is 1.78. The van der Waals surface area contributed by atoms with E-state index in [9.17, 15) is 13.6 Å². The molecule has 0 N–H and O–H groups in total. The SMILES string of the molecule is O=C(F)c1ccc(F)cc1. The third-order valence-electron chi connectivity index (χ3n) is 1.07. The molecule has 0 amide bonds. The molecule has 10 heavy (non-hydrogen) atoms. The lowest BCUT2D eigenvalue weighted by molar-refractivity contribution is 0.0836. The predicted octanol–water partition coefficient (Wildman–Crippen LogP) is 1.94. The van der Waals surface area contributed by atoms with Gasteiger partial charge in [-0.25, -0.2) is 4.39 Å². The van der Waals surface area contributed by atoms with Gasteiger partial charge in [0.2, 0.25) is 0 Å². The smallest absolute Gasteiger partial charge is 0.255 e. The molecule has 0 aliphatic carbocycles. The molecule has 0 heterocycles. The Morgan fingerprint density at radius 1 is 1.20 bits per heavy atom. The maximum absolute atomic E-state index is 12.1. The predicted molar refractivity (Wildman–Crippen MR) is 31.8 cm³/mol. The molecular formula is C7H4F2O. The van der Waals surface area contributed by atoms with E-state index in [0.29, 0.717) is 0 Å². The van der Waals surface area contributed by atoms with Crippen LogP contribution in [0.3, 0.4) is 0 Å². The number of carbonyl (C=O) groups is 1. The Bertz CT molecular complexity index is 240. The van der Waals surface area contributed by atoms with Crippen LogP contribution in [-0.2, 0) is 0 Å². The van der Waals surface area contributed by atoms with E-state index >= 15 is 0 Å².